The van der Waals surface area contributed by atoms with Crippen LogP contribution in [0.25, 0.3) is 0 Å². The van der Waals surface area contributed by atoms with E-state index in [0.29, 0.717) is 6.29 Å². The summed E-state index contributed by atoms with van der Waals surface area (Å²) in [4.78, 5) is 25.4. The molecule has 0 saturated carbocycles. The van der Waals surface area contributed by atoms with Gasteiger partial charge in [0.05, 0.1) is 11.1 Å². The lowest BCUT2D eigenvalue weighted by Crippen LogP contribution is -2.22. The normalized spacial score (nSPS) is 10.2. The van der Waals surface area contributed by atoms with E-state index in [0.717, 1.165) is 18.8 Å². The third-order valence-corrected chi connectivity index (χ3v) is 3.54. The van der Waals surface area contributed by atoms with Gasteiger partial charge in [-0.25, -0.2) is 9.18 Å². The van der Waals surface area contributed by atoms with E-state index in [2.05, 4.69) is 4.90 Å². The highest BCUT2D eigenvalue weighted by Gasteiger charge is 2.14. The molecular weight excluding hydrogens is 297 g/mol. The zero-order valence-corrected chi connectivity index (χ0v) is 13.1. The smallest absolute Gasteiger partial charge is 0.343 e. The first-order chi connectivity index (χ1) is 11.1. The number of aldehydes is 1. The fourth-order valence-corrected chi connectivity index (χ4v) is 2.24. The molecule has 0 aliphatic rings. The highest BCUT2D eigenvalue weighted by molar-refractivity contribution is 5.92. The second-order valence-corrected chi connectivity index (χ2v) is 4.91. The van der Waals surface area contributed by atoms with Gasteiger partial charge in [-0.3, -0.25) is 4.79 Å². The Kier molecular flexibility index (Phi) is 5.46. The van der Waals surface area contributed by atoms with Gasteiger partial charge in [0.15, 0.2) is 6.29 Å². The molecular formula is C18H18FNO3. The van der Waals surface area contributed by atoms with Crippen molar-refractivity contribution in [3.8, 4) is 5.75 Å². The maximum absolute atomic E-state index is 12.9. The Morgan fingerprint density at radius 2 is 1.78 bits per heavy atom. The monoisotopic (exact) mass is 315 g/mol. The average molecular weight is 315 g/mol. The molecule has 23 heavy (non-hydrogen) atoms. The van der Waals surface area contributed by atoms with Crippen LogP contribution in [0.3, 0.4) is 0 Å². The molecule has 0 aliphatic heterocycles. The van der Waals surface area contributed by atoms with Crippen LogP contribution in [-0.4, -0.2) is 25.3 Å². The van der Waals surface area contributed by atoms with Crippen molar-refractivity contribution in [2.75, 3.05) is 18.0 Å². The van der Waals surface area contributed by atoms with E-state index in [1.807, 2.05) is 19.9 Å². The van der Waals surface area contributed by atoms with E-state index in [4.69, 9.17) is 4.74 Å². The van der Waals surface area contributed by atoms with Crippen LogP contribution in [0.4, 0.5) is 10.1 Å². The summed E-state index contributed by atoms with van der Waals surface area (Å²) in [7, 11) is 0. The quantitative estimate of drug-likeness (QED) is 0.463. The van der Waals surface area contributed by atoms with Gasteiger partial charge in [-0.15, -0.1) is 0 Å². The van der Waals surface area contributed by atoms with E-state index in [9.17, 15) is 14.0 Å². The van der Waals surface area contributed by atoms with Gasteiger partial charge in [-0.1, -0.05) is 0 Å². The lowest BCUT2D eigenvalue weighted by molar-refractivity contribution is 0.0733. The molecule has 2 aromatic rings. The van der Waals surface area contributed by atoms with Crippen molar-refractivity contribution in [1.82, 2.24) is 0 Å². The highest BCUT2D eigenvalue weighted by Crippen LogP contribution is 2.25. The maximum atomic E-state index is 12.9. The lowest BCUT2D eigenvalue weighted by Gasteiger charge is -2.22. The molecule has 120 valence electrons. The van der Waals surface area contributed by atoms with Crippen molar-refractivity contribution in [2.24, 2.45) is 0 Å². The maximum Gasteiger partial charge on any atom is 0.343 e. The molecule has 0 aromatic heterocycles. The summed E-state index contributed by atoms with van der Waals surface area (Å²) in [5, 5.41) is 0. The zero-order valence-electron chi connectivity index (χ0n) is 13.1. The van der Waals surface area contributed by atoms with E-state index in [1.165, 1.54) is 24.3 Å². The summed E-state index contributed by atoms with van der Waals surface area (Å²) < 4.78 is 18.2. The first-order valence-corrected chi connectivity index (χ1v) is 7.41. The SMILES string of the molecule is CCN(CC)c1ccc(C=O)c(OC(=O)c2ccc(F)cc2)c1. The second kappa shape index (κ2) is 7.54. The minimum Gasteiger partial charge on any atom is -0.422 e. The van der Waals surface area contributed by atoms with Gasteiger partial charge in [-0.05, 0) is 50.2 Å². The number of benzene rings is 2. The van der Waals surface area contributed by atoms with Crippen molar-refractivity contribution < 1.29 is 18.7 Å². The number of anilines is 1. The minimum atomic E-state index is -0.634. The summed E-state index contributed by atoms with van der Waals surface area (Å²) in [6, 6.07) is 10.1. The molecule has 0 bridgehead atoms. The third-order valence-electron chi connectivity index (χ3n) is 3.54. The summed E-state index contributed by atoms with van der Waals surface area (Å²) in [5.41, 5.74) is 1.37. The molecule has 0 aliphatic carbocycles. The number of nitrogens with zero attached hydrogens (tertiary/aromatic N) is 1. The number of carbonyl (C=O) groups is 2. The molecule has 2 aromatic carbocycles. The molecule has 0 saturated heterocycles. The molecule has 0 heterocycles. The molecule has 0 amide bonds. The third kappa shape index (κ3) is 3.94. The lowest BCUT2D eigenvalue weighted by atomic mass is 10.1. The predicted octanol–water partition coefficient (Wildman–Crippen LogP) is 3.70. The summed E-state index contributed by atoms with van der Waals surface area (Å²) in [6.07, 6.45) is 0.638. The van der Waals surface area contributed by atoms with Gasteiger partial charge in [0.1, 0.15) is 11.6 Å². The Labute approximate surface area is 134 Å². The van der Waals surface area contributed by atoms with Crippen LogP contribution in [0.2, 0.25) is 0 Å². The van der Waals surface area contributed by atoms with Gasteiger partial charge in [0, 0.05) is 24.8 Å². The Hall–Kier alpha value is -2.69. The molecule has 0 atom stereocenters. The first-order valence-electron chi connectivity index (χ1n) is 7.41. The minimum absolute atomic E-state index is 0.193. The number of ether oxygens (including phenoxy) is 1. The molecule has 0 radical (unpaired) electrons. The van der Waals surface area contributed by atoms with Gasteiger partial charge in [0.2, 0.25) is 0 Å². The van der Waals surface area contributed by atoms with E-state index < -0.39 is 11.8 Å². The average Bonchev–Trinajstić information content (AvgIpc) is 2.57. The predicted molar refractivity (Wildman–Crippen MR) is 86.7 cm³/mol. The fraction of sp³-hybridized carbons (Fsp3) is 0.222. The van der Waals surface area contributed by atoms with Crippen LogP contribution >= 0.6 is 0 Å². The van der Waals surface area contributed by atoms with Gasteiger partial charge < -0.3 is 9.64 Å². The van der Waals surface area contributed by atoms with Crippen molar-refractivity contribution >= 4 is 17.9 Å². The molecule has 2 rings (SSSR count). The van der Waals surface area contributed by atoms with Gasteiger partial charge in [-0.2, -0.15) is 0 Å². The van der Waals surface area contributed by atoms with Gasteiger partial charge >= 0.3 is 5.97 Å². The molecule has 0 unspecified atom stereocenters. The van der Waals surface area contributed by atoms with E-state index in [-0.39, 0.29) is 16.9 Å². The van der Waals surface area contributed by atoms with Crippen LogP contribution in [0.5, 0.6) is 5.75 Å². The number of hydrogen-bond donors (Lipinski definition) is 0. The Balaban J connectivity index is 2.29. The molecule has 4 nitrogen and oxygen atoms in total. The topological polar surface area (TPSA) is 46.6 Å². The Morgan fingerprint density at radius 3 is 2.35 bits per heavy atom. The number of carbonyl (C=O) groups excluding carboxylic acids is 2. The van der Waals surface area contributed by atoms with Crippen molar-refractivity contribution in [1.29, 1.82) is 0 Å². The summed E-state index contributed by atoms with van der Waals surface area (Å²) in [5.74, 6) is -0.873. The second-order valence-electron chi connectivity index (χ2n) is 4.91. The van der Waals surface area contributed by atoms with Crippen LogP contribution in [0.15, 0.2) is 42.5 Å². The highest BCUT2D eigenvalue weighted by atomic mass is 19.1. The van der Waals surface area contributed by atoms with Crippen LogP contribution in [-0.2, 0) is 0 Å². The van der Waals surface area contributed by atoms with Crippen LogP contribution in [0, 0.1) is 5.82 Å². The van der Waals surface area contributed by atoms with Gasteiger partial charge in [0.25, 0.3) is 0 Å². The standard InChI is InChI=1S/C18H18FNO3/c1-3-20(4-2)16-10-7-14(12-21)17(11-16)23-18(22)13-5-8-15(19)9-6-13/h5-12H,3-4H2,1-2H3. The molecule has 0 N–H and O–H groups in total. The van der Waals surface area contributed by atoms with Crippen molar-refractivity contribution in [3.05, 3.63) is 59.4 Å². The number of rotatable bonds is 6. The molecule has 0 fully saturated rings. The molecule has 5 heteroatoms. The summed E-state index contributed by atoms with van der Waals surface area (Å²) in [6.45, 7) is 5.62. The Bertz CT molecular complexity index is 694. The van der Waals surface area contributed by atoms with E-state index in [1.54, 1.807) is 12.1 Å². The number of esters is 1. The summed E-state index contributed by atoms with van der Waals surface area (Å²) >= 11 is 0. The molecule has 0 spiro atoms. The first kappa shape index (κ1) is 16.7. The van der Waals surface area contributed by atoms with Crippen molar-refractivity contribution in [2.45, 2.75) is 13.8 Å². The largest absolute Gasteiger partial charge is 0.422 e. The zero-order chi connectivity index (χ0) is 16.8. The number of hydrogen-bond acceptors (Lipinski definition) is 4. The van der Waals surface area contributed by atoms with E-state index >= 15 is 0 Å². The van der Waals surface area contributed by atoms with Crippen LogP contribution in [0.1, 0.15) is 34.6 Å². The Morgan fingerprint density at radius 1 is 1.13 bits per heavy atom. The van der Waals surface area contributed by atoms with Crippen molar-refractivity contribution in [3.63, 3.8) is 0 Å². The fourth-order valence-electron chi connectivity index (χ4n) is 2.24. The number of halogens is 1. The van der Waals surface area contributed by atoms with Crippen LogP contribution < -0.4 is 9.64 Å².